The van der Waals surface area contributed by atoms with Gasteiger partial charge in [0.2, 0.25) is 5.91 Å². The maximum Gasteiger partial charge on any atom is 0.241 e. The van der Waals surface area contributed by atoms with Crippen molar-refractivity contribution < 1.29 is 4.79 Å². The summed E-state index contributed by atoms with van der Waals surface area (Å²) < 4.78 is 0. The number of hydrogen-bond donors (Lipinski definition) is 1. The van der Waals surface area contributed by atoms with E-state index in [1.165, 1.54) is 5.56 Å². The molecular weight excluding hydrogens is 250 g/mol. The summed E-state index contributed by atoms with van der Waals surface area (Å²) >= 11 is 0. The van der Waals surface area contributed by atoms with Gasteiger partial charge in [-0.3, -0.25) is 4.79 Å². The van der Waals surface area contributed by atoms with Gasteiger partial charge >= 0.3 is 0 Å². The fraction of sp³-hybridized carbons (Fsp3) is 0.562. The Bertz CT molecular complexity index is 462. The highest BCUT2D eigenvalue weighted by Gasteiger charge is 2.20. The highest BCUT2D eigenvalue weighted by Crippen LogP contribution is 2.17. The van der Waals surface area contributed by atoms with Crippen molar-refractivity contribution in [2.45, 2.75) is 32.9 Å². The molecule has 1 saturated heterocycles. The van der Waals surface area contributed by atoms with Crippen molar-refractivity contribution in [3.05, 3.63) is 29.8 Å². The molecule has 0 unspecified atom stereocenters. The fourth-order valence-electron chi connectivity index (χ4n) is 2.17. The van der Waals surface area contributed by atoms with Gasteiger partial charge in [-0.1, -0.05) is 12.1 Å². The molecule has 1 aromatic rings. The number of nitrogens with one attached hydrogen (secondary N) is 1. The van der Waals surface area contributed by atoms with Gasteiger partial charge in [-0.15, -0.1) is 0 Å². The summed E-state index contributed by atoms with van der Waals surface area (Å²) in [5.41, 5.74) is 2.53. The molecular formula is C16H25N3O. The molecule has 0 aromatic heterocycles. The summed E-state index contributed by atoms with van der Waals surface area (Å²) in [5.74, 6) is 0.190. The lowest BCUT2D eigenvalue weighted by molar-refractivity contribution is -0.129. The van der Waals surface area contributed by atoms with Crippen molar-refractivity contribution in [3.8, 4) is 0 Å². The summed E-state index contributed by atoms with van der Waals surface area (Å²) in [6.45, 7) is 9.54. The highest BCUT2D eigenvalue weighted by atomic mass is 16.2. The van der Waals surface area contributed by atoms with Crippen LogP contribution in [0.3, 0.4) is 0 Å². The lowest BCUT2D eigenvalue weighted by Gasteiger charge is -2.33. The van der Waals surface area contributed by atoms with Gasteiger partial charge in [0.15, 0.2) is 0 Å². The molecule has 1 aromatic carbocycles. The fourth-order valence-corrected chi connectivity index (χ4v) is 2.17. The zero-order chi connectivity index (χ0) is 14.8. The number of amides is 1. The Kier molecular flexibility index (Phi) is 4.33. The quantitative estimate of drug-likeness (QED) is 0.914. The van der Waals surface area contributed by atoms with Crippen molar-refractivity contribution >= 4 is 11.6 Å². The minimum Gasteiger partial charge on any atom is -0.360 e. The second kappa shape index (κ2) is 5.83. The van der Waals surface area contributed by atoms with E-state index in [1.807, 2.05) is 7.05 Å². The van der Waals surface area contributed by atoms with Gasteiger partial charge in [0.1, 0.15) is 0 Å². The lowest BCUT2D eigenvalue weighted by atomic mass is 10.1. The number of likely N-dealkylation sites (N-methyl/N-ethyl adjacent to an activating group) is 1. The van der Waals surface area contributed by atoms with Crippen LogP contribution >= 0.6 is 0 Å². The Morgan fingerprint density at radius 2 is 1.80 bits per heavy atom. The second-order valence-electron chi connectivity index (χ2n) is 6.51. The number of carbonyl (C=O) groups excluding carboxylic acids is 1. The molecule has 0 saturated carbocycles. The minimum absolute atomic E-state index is 0.128. The average Bonchev–Trinajstić information content (AvgIpc) is 2.39. The molecule has 1 aliphatic rings. The van der Waals surface area contributed by atoms with E-state index in [4.69, 9.17) is 0 Å². The van der Waals surface area contributed by atoms with Crippen LogP contribution in [0, 0.1) is 0 Å². The normalized spacial score (nSPS) is 16.7. The third-order valence-corrected chi connectivity index (χ3v) is 3.58. The van der Waals surface area contributed by atoms with Crippen LogP contribution in [0.25, 0.3) is 0 Å². The number of benzene rings is 1. The molecule has 0 bridgehead atoms. The molecule has 1 heterocycles. The molecule has 1 aliphatic heterocycles. The smallest absolute Gasteiger partial charge is 0.241 e. The van der Waals surface area contributed by atoms with Gasteiger partial charge in [0.25, 0.3) is 0 Å². The molecule has 20 heavy (non-hydrogen) atoms. The van der Waals surface area contributed by atoms with Crippen LogP contribution in [-0.2, 0) is 11.3 Å². The van der Waals surface area contributed by atoms with Crippen molar-refractivity contribution in [2.75, 3.05) is 31.6 Å². The minimum atomic E-state index is 0.128. The summed E-state index contributed by atoms with van der Waals surface area (Å²) in [6, 6.07) is 8.49. The van der Waals surface area contributed by atoms with E-state index in [2.05, 4.69) is 55.3 Å². The summed E-state index contributed by atoms with van der Waals surface area (Å²) in [4.78, 5) is 15.7. The van der Waals surface area contributed by atoms with Crippen molar-refractivity contribution in [1.29, 1.82) is 0 Å². The predicted octanol–water partition coefficient (Wildman–Crippen LogP) is 1.85. The van der Waals surface area contributed by atoms with E-state index >= 15 is 0 Å². The molecule has 0 spiro atoms. The van der Waals surface area contributed by atoms with E-state index in [9.17, 15) is 4.79 Å². The molecule has 1 fully saturated rings. The maximum atomic E-state index is 11.7. The topological polar surface area (TPSA) is 35.6 Å². The number of anilines is 1. The first-order valence-electron chi connectivity index (χ1n) is 7.18. The number of carbonyl (C=O) groups is 1. The Morgan fingerprint density at radius 3 is 2.35 bits per heavy atom. The summed E-state index contributed by atoms with van der Waals surface area (Å²) in [6.07, 6.45) is 0. The SMILES string of the molecule is CN1CCN(c2ccc(CNC(C)(C)C)cc2)CC1=O. The van der Waals surface area contributed by atoms with Crippen LogP contribution in [0.5, 0.6) is 0 Å². The molecule has 4 heteroatoms. The highest BCUT2D eigenvalue weighted by molar-refractivity contribution is 5.82. The summed E-state index contributed by atoms with van der Waals surface area (Å²) in [7, 11) is 1.86. The van der Waals surface area contributed by atoms with Crippen LogP contribution in [-0.4, -0.2) is 43.0 Å². The van der Waals surface area contributed by atoms with E-state index < -0.39 is 0 Å². The third-order valence-electron chi connectivity index (χ3n) is 3.58. The molecule has 110 valence electrons. The monoisotopic (exact) mass is 275 g/mol. The van der Waals surface area contributed by atoms with E-state index in [-0.39, 0.29) is 11.4 Å². The van der Waals surface area contributed by atoms with Gasteiger partial charge in [0, 0.05) is 37.9 Å². The first kappa shape index (κ1) is 14.9. The van der Waals surface area contributed by atoms with Crippen molar-refractivity contribution in [2.24, 2.45) is 0 Å². The number of rotatable bonds is 3. The van der Waals surface area contributed by atoms with Crippen LogP contribution in [0.15, 0.2) is 24.3 Å². The average molecular weight is 275 g/mol. The van der Waals surface area contributed by atoms with Crippen LogP contribution in [0.4, 0.5) is 5.69 Å². The van der Waals surface area contributed by atoms with E-state index in [1.54, 1.807) is 4.90 Å². The Hall–Kier alpha value is -1.55. The number of hydrogen-bond acceptors (Lipinski definition) is 3. The number of nitrogens with zero attached hydrogens (tertiary/aromatic N) is 2. The molecule has 0 atom stereocenters. The van der Waals surface area contributed by atoms with Crippen LogP contribution < -0.4 is 10.2 Å². The Morgan fingerprint density at radius 1 is 1.15 bits per heavy atom. The zero-order valence-corrected chi connectivity index (χ0v) is 12.9. The molecule has 4 nitrogen and oxygen atoms in total. The summed E-state index contributed by atoms with van der Waals surface area (Å²) in [5, 5.41) is 3.48. The van der Waals surface area contributed by atoms with E-state index in [0.717, 1.165) is 25.3 Å². The lowest BCUT2D eigenvalue weighted by Crippen LogP contribution is -2.48. The van der Waals surface area contributed by atoms with Crippen molar-refractivity contribution in [3.63, 3.8) is 0 Å². The van der Waals surface area contributed by atoms with Crippen LogP contribution in [0.2, 0.25) is 0 Å². The van der Waals surface area contributed by atoms with Gasteiger partial charge < -0.3 is 15.1 Å². The first-order chi connectivity index (χ1) is 9.35. The second-order valence-corrected chi connectivity index (χ2v) is 6.51. The molecule has 0 aliphatic carbocycles. The first-order valence-corrected chi connectivity index (χ1v) is 7.18. The van der Waals surface area contributed by atoms with Gasteiger partial charge in [-0.05, 0) is 38.5 Å². The van der Waals surface area contributed by atoms with Gasteiger partial charge in [-0.2, -0.15) is 0 Å². The zero-order valence-electron chi connectivity index (χ0n) is 12.9. The Labute approximate surface area is 121 Å². The molecule has 2 rings (SSSR count). The Balaban J connectivity index is 1.96. The van der Waals surface area contributed by atoms with Crippen molar-refractivity contribution in [1.82, 2.24) is 10.2 Å². The van der Waals surface area contributed by atoms with E-state index in [0.29, 0.717) is 6.54 Å². The largest absolute Gasteiger partial charge is 0.360 e. The molecule has 1 N–H and O–H groups in total. The maximum absolute atomic E-state index is 11.7. The standard InChI is InChI=1S/C16H25N3O/c1-16(2,3)17-11-13-5-7-14(8-6-13)19-10-9-18(4)15(20)12-19/h5-8,17H,9-12H2,1-4H3. The molecule has 0 radical (unpaired) electrons. The van der Waals surface area contributed by atoms with Gasteiger partial charge in [-0.25, -0.2) is 0 Å². The van der Waals surface area contributed by atoms with Gasteiger partial charge in [0.05, 0.1) is 6.54 Å². The number of piperazine rings is 1. The predicted molar refractivity (Wildman–Crippen MR) is 82.9 cm³/mol. The van der Waals surface area contributed by atoms with Crippen LogP contribution in [0.1, 0.15) is 26.3 Å². The third kappa shape index (κ3) is 3.97. The molecule has 1 amide bonds.